The van der Waals surface area contributed by atoms with Crippen molar-refractivity contribution in [3.8, 4) is 16.9 Å². The number of nitrogens with two attached hydrogens (primary N) is 1. The Morgan fingerprint density at radius 3 is 2.84 bits per heavy atom. The summed E-state index contributed by atoms with van der Waals surface area (Å²) in [6, 6.07) is 10.3. The van der Waals surface area contributed by atoms with Gasteiger partial charge in [0.15, 0.2) is 0 Å². The predicted octanol–water partition coefficient (Wildman–Crippen LogP) is 3.41. The van der Waals surface area contributed by atoms with Crippen LogP contribution in [0, 0.1) is 5.82 Å². The lowest BCUT2D eigenvalue weighted by Crippen LogP contribution is -2.24. The highest BCUT2D eigenvalue weighted by molar-refractivity contribution is 6.32. The van der Waals surface area contributed by atoms with Crippen LogP contribution in [0.5, 0.6) is 5.75 Å². The van der Waals surface area contributed by atoms with Crippen molar-refractivity contribution in [2.75, 3.05) is 6.54 Å². The van der Waals surface area contributed by atoms with E-state index in [0.717, 1.165) is 11.1 Å². The van der Waals surface area contributed by atoms with Crippen LogP contribution >= 0.6 is 11.6 Å². The number of rotatable bonds is 2. The Morgan fingerprint density at radius 2 is 2.11 bits per heavy atom. The fraction of sp³-hybridized carbons (Fsp3) is 0.200. The van der Waals surface area contributed by atoms with E-state index in [4.69, 9.17) is 22.1 Å². The molecule has 2 aromatic carbocycles. The summed E-state index contributed by atoms with van der Waals surface area (Å²) in [6.45, 7) is 0.444. The first-order chi connectivity index (χ1) is 9.19. The van der Waals surface area contributed by atoms with Gasteiger partial charge in [-0.25, -0.2) is 4.39 Å². The summed E-state index contributed by atoms with van der Waals surface area (Å²) >= 11 is 6.21. The summed E-state index contributed by atoms with van der Waals surface area (Å²) in [5, 5.41) is 0.506. The number of fused-ring (bicyclic) bond motifs is 1. The van der Waals surface area contributed by atoms with E-state index in [1.165, 1.54) is 6.07 Å². The molecule has 2 N–H and O–H groups in total. The van der Waals surface area contributed by atoms with E-state index in [0.29, 0.717) is 29.3 Å². The summed E-state index contributed by atoms with van der Waals surface area (Å²) in [5.41, 5.74) is 7.91. The fourth-order valence-corrected chi connectivity index (χ4v) is 2.65. The molecular weight excluding hydrogens is 265 g/mol. The fourth-order valence-electron chi connectivity index (χ4n) is 2.37. The molecule has 0 aromatic heterocycles. The molecule has 1 aliphatic heterocycles. The van der Waals surface area contributed by atoms with Crippen molar-refractivity contribution in [2.24, 2.45) is 5.73 Å². The third kappa shape index (κ3) is 2.20. The maximum atomic E-state index is 13.8. The van der Waals surface area contributed by atoms with E-state index in [1.54, 1.807) is 24.3 Å². The predicted molar refractivity (Wildman–Crippen MR) is 74.0 cm³/mol. The van der Waals surface area contributed by atoms with Crippen molar-refractivity contribution in [3.05, 3.63) is 52.8 Å². The number of hydrogen-bond acceptors (Lipinski definition) is 2. The van der Waals surface area contributed by atoms with Crippen LogP contribution in [0.25, 0.3) is 11.1 Å². The average Bonchev–Trinajstić information content (AvgIpc) is 2.83. The minimum atomic E-state index is -0.257. The molecule has 0 spiro atoms. The highest BCUT2D eigenvalue weighted by Gasteiger charge is 2.25. The minimum Gasteiger partial charge on any atom is -0.487 e. The molecule has 0 radical (unpaired) electrons. The molecule has 0 fully saturated rings. The molecule has 0 saturated carbocycles. The number of hydrogen-bond donors (Lipinski definition) is 1. The molecule has 2 nitrogen and oxygen atoms in total. The molecule has 3 rings (SSSR count). The van der Waals surface area contributed by atoms with Crippen LogP contribution in [0.2, 0.25) is 5.02 Å². The van der Waals surface area contributed by atoms with Gasteiger partial charge in [0.1, 0.15) is 17.7 Å². The molecule has 0 saturated heterocycles. The van der Waals surface area contributed by atoms with Crippen LogP contribution in [0.4, 0.5) is 4.39 Å². The van der Waals surface area contributed by atoms with Gasteiger partial charge < -0.3 is 10.5 Å². The first-order valence-corrected chi connectivity index (χ1v) is 6.51. The topological polar surface area (TPSA) is 35.2 Å². The molecule has 2 aromatic rings. The van der Waals surface area contributed by atoms with Crippen molar-refractivity contribution in [2.45, 2.75) is 12.5 Å². The molecule has 0 amide bonds. The quantitative estimate of drug-likeness (QED) is 0.913. The minimum absolute atomic E-state index is 0.0385. The zero-order chi connectivity index (χ0) is 13.4. The zero-order valence-corrected chi connectivity index (χ0v) is 11.0. The van der Waals surface area contributed by atoms with E-state index >= 15 is 0 Å². The molecule has 19 heavy (non-hydrogen) atoms. The summed E-state index contributed by atoms with van der Waals surface area (Å²) in [6.07, 6.45) is 0.678. The molecule has 1 atom stereocenters. The standard InChI is InChI=1S/C15H13ClFNO/c16-13-7-9(12-3-1-2-4-14(12)17)5-10-6-11(8-18)19-15(10)13/h1-5,7,11H,6,8,18H2. The van der Waals surface area contributed by atoms with E-state index in [1.807, 2.05) is 6.07 Å². The van der Waals surface area contributed by atoms with Crippen LogP contribution in [-0.4, -0.2) is 12.6 Å². The number of halogens is 2. The first kappa shape index (κ1) is 12.5. The summed E-state index contributed by atoms with van der Waals surface area (Å²) in [4.78, 5) is 0. The summed E-state index contributed by atoms with van der Waals surface area (Å²) in [7, 11) is 0. The lowest BCUT2D eigenvalue weighted by atomic mass is 10.0. The maximum absolute atomic E-state index is 13.8. The van der Waals surface area contributed by atoms with Gasteiger partial charge in [-0.1, -0.05) is 29.8 Å². The molecule has 0 bridgehead atoms. The van der Waals surface area contributed by atoms with Gasteiger partial charge in [-0.05, 0) is 23.8 Å². The second-order valence-electron chi connectivity index (χ2n) is 4.61. The van der Waals surface area contributed by atoms with Crippen molar-refractivity contribution in [3.63, 3.8) is 0 Å². The second-order valence-corrected chi connectivity index (χ2v) is 5.01. The van der Waals surface area contributed by atoms with E-state index in [-0.39, 0.29) is 11.9 Å². The Kier molecular flexibility index (Phi) is 3.17. The SMILES string of the molecule is NCC1Cc2cc(-c3ccccc3F)cc(Cl)c2O1. The van der Waals surface area contributed by atoms with Gasteiger partial charge in [-0.3, -0.25) is 0 Å². The molecule has 98 valence electrons. The monoisotopic (exact) mass is 277 g/mol. The van der Waals surface area contributed by atoms with E-state index in [9.17, 15) is 4.39 Å². The van der Waals surface area contributed by atoms with Gasteiger partial charge in [-0.15, -0.1) is 0 Å². The van der Waals surface area contributed by atoms with Gasteiger partial charge in [0, 0.05) is 24.1 Å². The van der Waals surface area contributed by atoms with Crippen LogP contribution in [0.3, 0.4) is 0 Å². The Morgan fingerprint density at radius 1 is 1.32 bits per heavy atom. The largest absolute Gasteiger partial charge is 0.487 e. The number of ether oxygens (including phenoxy) is 1. The Balaban J connectivity index is 2.07. The van der Waals surface area contributed by atoms with Crippen molar-refractivity contribution in [1.29, 1.82) is 0 Å². The van der Waals surface area contributed by atoms with Crippen LogP contribution in [0.15, 0.2) is 36.4 Å². The highest BCUT2D eigenvalue weighted by atomic mass is 35.5. The van der Waals surface area contributed by atoms with Crippen LogP contribution in [0.1, 0.15) is 5.56 Å². The lowest BCUT2D eigenvalue weighted by molar-refractivity contribution is 0.241. The molecule has 1 unspecified atom stereocenters. The van der Waals surface area contributed by atoms with Gasteiger partial charge in [0.2, 0.25) is 0 Å². The van der Waals surface area contributed by atoms with Crippen LogP contribution < -0.4 is 10.5 Å². The zero-order valence-electron chi connectivity index (χ0n) is 10.2. The van der Waals surface area contributed by atoms with Crippen LogP contribution in [-0.2, 0) is 6.42 Å². The number of benzene rings is 2. The summed E-state index contributed by atoms with van der Waals surface area (Å²) < 4.78 is 19.5. The molecule has 1 aliphatic rings. The highest BCUT2D eigenvalue weighted by Crippen LogP contribution is 2.39. The van der Waals surface area contributed by atoms with E-state index < -0.39 is 0 Å². The lowest BCUT2D eigenvalue weighted by Gasteiger charge is -2.09. The molecular formula is C15H13ClFNO. The van der Waals surface area contributed by atoms with Crippen molar-refractivity contribution in [1.82, 2.24) is 0 Å². The normalized spacial score (nSPS) is 17.1. The first-order valence-electron chi connectivity index (χ1n) is 6.13. The van der Waals surface area contributed by atoms with Gasteiger partial charge in [0.25, 0.3) is 0 Å². The van der Waals surface area contributed by atoms with Gasteiger partial charge >= 0.3 is 0 Å². The Labute approximate surface area is 115 Å². The molecule has 1 heterocycles. The third-order valence-corrected chi connectivity index (χ3v) is 3.58. The van der Waals surface area contributed by atoms with Gasteiger partial charge in [-0.2, -0.15) is 0 Å². The second kappa shape index (κ2) is 4.83. The van der Waals surface area contributed by atoms with Gasteiger partial charge in [0.05, 0.1) is 5.02 Å². The Bertz CT molecular complexity index is 630. The third-order valence-electron chi connectivity index (χ3n) is 3.30. The van der Waals surface area contributed by atoms with Crippen molar-refractivity contribution >= 4 is 11.6 Å². The smallest absolute Gasteiger partial charge is 0.141 e. The van der Waals surface area contributed by atoms with Crippen molar-refractivity contribution < 1.29 is 9.13 Å². The maximum Gasteiger partial charge on any atom is 0.141 e. The summed E-state index contributed by atoms with van der Waals surface area (Å²) in [5.74, 6) is 0.421. The van der Waals surface area contributed by atoms with E-state index in [2.05, 4.69) is 0 Å². The average molecular weight is 278 g/mol. The molecule has 4 heteroatoms. The molecule has 0 aliphatic carbocycles. The Hall–Kier alpha value is -1.58.